The van der Waals surface area contributed by atoms with Crippen LogP contribution >= 0.6 is 0 Å². The predicted octanol–water partition coefficient (Wildman–Crippen LogP) is 1.77. The number of aromatic amines is 1. The molecular formula is C12H16N4O. The Morgan fingerprint density at radius 1 is 1.47 bits per heavy atom. The quantitative estimate of drug-likeness (QED) is 0.842. The lowest BCUT2D eigenvalue weighted by atomic mass is 10.2. The molecule has 1 aliphatic carbocycles. The Balaban J connectivity index is 1.94. The molecule has 0 aromatic carbocycles. The molecule has 0 aliphatic heterocycles. The highest BCUT2D eigenvalue weighted by atomic mass is 16.5. The fraction of sp³-hybridized carbons (Fsp3) is 0.500. The zero-order chi connectivity index (χ0) is 11.8. The Bertz CT molecular complexity index is 532. The first-order valence-electron chi connectivity index (χ1n) is 6.03. The van der Waals surface area contributed by atoms with Gasteiger partial charge in [0.25, 0.3) is 0 Å². The van der Waals surface area contributed by atoms with Crippen LogP contribution in [0.15, 0.2) is 12.1 Å². The largest absolute Gasteiger partial charge is 0.478 e. The lowest BCUT2D eigenvalue weighted by Crippen LogP contribution is -2.13. The molecule has 17 heavy (non-hydrogen) atoms. The number of pyridine rings is 1. The second-order valence-corrected chi connectivity index (χ2v) is 4.44. The number of hydrogen-bond donors (Lipinski definition) is 2. The molecule has 5 heteroatoms. The van der Waals surface area contributed by atoms with Crippen molar-refractivity contribution < 1.29 is 4.74 Å². The minimum absolute atomic E-state index is 0.0137. The molecule has 2 aromatic heterocycles. The van der Waals surface area contributed by atoms with Crippen molar-refractivity contribution in [1.82, 2.24) is 15.0 Å². The maximum absolute atomic E-state index is 6.11. The van der Waals surface area contributed by atoms with Gasteiger partial charge in [-0.05, 0) is 31.7 Å². The van der Waals surface area contributed by atoms with Crippen LogP contribution in [0.2, 0.25) is 0 Å². The van der Waals surface area contributed by atoms with Crippen LogP contribution in [0.5, 0.6) is 5.88 Å². The van der Waals surface area contributed by atoms with E-state index < -0.39 is 0 Å². The Kier molecular flexibility index (Phi) is 2.48. The summed E-state index contributed by atoms with van der Waals surface area (Å²) in [5.74, 6) is 2.03. The summed E-state index contributed by atoms with van der Waals surface area (Å²) in [6.45, 7) is 2.54. The molecule has 3 N–H and O–H groups in total. The van der Waals surface area contributed by atoms with Gasteiger partial charge in [-0.1, -0.05) is 0 Å². The normalized spacial score (nSPS) is 17.3. The maximum atomic E-state index is 6.11. The first kappa shape index (κ1) is 10.5. The van der Waals surface area contributed by atoms with Crippen LogP contribution in [0.4, 0.5) is 0 Å². The average Bonchev–Trinajstić information content (AvgIpc) is 3.08. The van der Waals surface area contributed by atoms with Crippen molar-refractivity contribution in [2.24, 2.45) is 11.7 Å². The van der Waals surface area contributed by atoms with Crippen LogP contribution in [0.25, 0.3) is 11.2 Å². The number of fused-ring (bicyclic) bond motifs is 1. The van der Waals surface area contributed by atoms with Crippen LogP contribution in [0.3, 0.4) is 0 Å². The number of imidazole rings is 1. The standard InChI is InChI=1S/C12H16N4O/c1-2-17-9-6-5-8-11(15-9)16-12(14-8)10(13)7-3-4-7/h5-7,10H,2-4,13H2,1H3,(H,14,15,16). The van der Waals surface area contributed by atoms with Crippen LogP contribution < -0.4 is 10.5 Å². The van der Waals surface area contributed by atoms with Crippen LogP contribution in [0, 0.1) is 5.92 Å². The van der Waals surface area contributed by atoms with E-state index in [0.29, 0.717) is 24.1 Å². The molecule has 2 heterocycles. The summed E-state index contributed by atoms with van der Waals surface area (Å²) < 4.78 is 5.35. The molecule has 0 spiro atoms. The summed E-state index contributed by atoms with van der Waals surface area (Å²) in [6, 6.07) is 3.79. The fourth-order valence-electron chi connectivity index (χ4n) is 1.96. The minimum Gasteiger partial charge on any atom is -0.478 e. The third-order valence-electron chi connectivity index (χ3n) is 3.08. The van der Waals surface area contributed by atoms with E-state index in [1.54, 1.807) is 0 Å². The molecule has 5 nitrogen and oxygen atoms in total. The maximum Gasteiger partial charge on any atom is 0.215 e. The van der Waals surface area contributed by atoms with E-state index in [-0.39, 0.29) is 6.04 Å². The second kappa shape index (κ2) is 4.00. The van der Waals surface area contributed by atoms with Crippen LogP contribution in [0.1, 0.15) is 31.6 Å². The molecule has 0 saturated heterocycles. The van der Waals surface area contributed by atoms with Crippen molar-refractivity contribution in [3.63, 3.8) is 0 Å². The third-order valence-corrected chi connectivity index (χ3v) is 3.08. The molecule has 1 saturated carbocycles. The van der Waals surface area contributed by atoms with Crippen molar-refractivity contribution in [3.05, 3.63) is 18.0 Å². The van der Waals surface area contributed by atoms with E-state index in [9.17, 15) is 0 Å². The van der Waals surface area contributed by atoms with E-state index in [1.807, 2.05) is 19.1 Å². The Morgan fingerprint density at radius 2 is 2.29 bits per heavy atom. The molecule has 0 radical (unpaired) electrons. The Morgan fingerprint density at radius 3 is 3.00 bits per heavy atom. The van der Waals surface area contributed by atoms with Gasteiger partial charge >= 0.3 is 0 Å². The van der Waals surface area contributed by atoms with E-state index in [0.717, 1.165) is 11.3 Å². The lowest BCUT2D eigenvalue weighted by Gasteiger charge is -2.04. The first-order valence-corrected chi connectivity index (χ1v) is 6.03. The van der Waals surface area contributed by atoms with Crippen LogP contribution in [-0.2, 0) is 0 Å². The van der Waals surface area contributed by atoms with Crippen molar-refractivity contribution in [3.8, 4) is 5.88 Å². The summed E-state index contributed by atoms with van der Waals surface area (Å²) in [5.41, 5.74) is 7.71. The molecule has 3 rings (SSSR count). The Hall–Kier alpha value is -1.62. The van der Waals surface area contributed by atoms with Gasteiger partial charge in [-0.15, -0.1) is 0 Å². The molecule has 1 atom stereocenters. The molecule has 90 valence electrons. The van der Waals surface area contributed by atoms with Gasteiger partial charge in [0.15, 0.2) is 5.65 Å². The monoisotopic (exact) mass is 232 g/mol. The molecule has 1 aliphatic rings. The number of nitrogens with zero attached hydrogens (tertiary/aromatic N) is 2. The highest BCUT2D eigenvalue weighted by Gasteiger charge is 2.31. The molecule has 1 fully saturated rings. The number of aromatic nitrogens is 3. The summed E-state index contributed by atoms with van der Waals surface area (Å²) in [5, 5.41) is 0. The molecule has 0 bridgehead atoms. The number of rotatable bonds is 4. The van der Waals surface area contributed by atoms with Gasteiger partial charge in [-0.25, -0.2) is 4.98 Å². The number of H-pyrrole nitrogens is 1. The van der Waals surface area contributed by atoms with E-state index in [1.165, 1.54) is 12.8 Å². The van der Waals surface area contributed by atoms with Crippen molar-refractivity contribution in [1.29, 1.82) is 0 Å². The van der Waals surface area contributed by atoms with Crippen molar-refractivity contribution in [2.75, 3.05) is 6.61 Å². The van der Waals surface area contributed by atoms with Gasteiger partial charge in [0.2, 0.25) is 5.88 Å². The number of ether oxygens (including phenoxy) is 1. The molecule has 1 unspecified atom stereocenters. The molecule has 0 amide bonds. The second-order valence-electron chi connectivity index (χ2n) is 4.44. The average molecular weight is 232 g/mol. The first-order chi connectivity index (χ1) is 8.28. The topological polar surface area (TPSA) is 76.8 Å². The number of hydrogen-bond acceptors (Lipinski definition) is 4. The zero-order valence-electron chi connectivity index (χ0n) is 9.81. The smallest absolute Gasteiger partial charge is 0.215 e. The summed E-state index contributed by atoms with van der Waals surface area (Å²) in [7, 11) is 0. The lowest BCUT2D eigenvalue weighted by molar-refractivity contribution is 0.328. The summed E-state index contributed by atoms with van der Waals surface area (Å²) >= 11 is 0. The molecular weight excluding hydrogens is 216 g/mol. The minimum atomic E-state index is 0.0137. The zero-order valence-corrected chi connectivity index (χ0v) is 9.81. The highest BCUT2D eigenvalue weighted by molar-refractivity contribution is 5.71. The summed E-state index contributed by atoms with van der Waals surface area (Å²) in [4.78, 5) is 12.0. The Labute approximate surface area is 99.4 Å². The SMILES string of the molecule is CCOc1ccc2[nH]c(C(N)C3CC3)nc2n1. The molecule has 2 aromatic rings. The summed E-state index contributed by atoms with van der Waals surface area (Å²) in [6.07, 6.45) is 2.41. The van der Waals surface area contributed by atoms with Gasteiger partial charge in [-0.2, -0.15) is 4.98 Å². The van der Waals surface area contributed by atoms with E-state index >= 15 is 0 Å². The van der Waals surface area contributed by atoms with Gasteiger partial charge in [0.05, 0.1) is 18.2 Å². The van der Waals surface area contributed by atoms with E-state index in [4.69, 9.17) is 10.5 Å². The van der Waals surface area contributed by atoms with Gasteiger partial charge in [-0.3, -0.25) is 0 Å². The van der Waals surface area contributed by atoms with Gasteiger partial charge in [0.1, 0.15) is 5.82 Å². The van der Waals surface area contributed by atoms with Gasteiger partial charge in [0, 0.05) is 6.07 Å². The highest BCUT2D eigenvalue weighted by Crippen LogP contribution is 2.38. The fourth-order valence-corrected chi connectivity index (χ4v) is 1.96. The van der Waals surface area contributed by atoms with Crippen LogP contribution in [-0.4, -0.2) is 21.6 Å². The number of nitrogens with two attached hydrogens (primary N) is 1. The van der Waals surface area contributed by atoms with Crippen molar-refractivity contribution >= 4 is 11.2 Å². The predicted molar refractivity (Wildman–Crippen MR) is 64.7 cm³/mol. The third kappa shape index (κ3) is 1.98. The van der Waals surface area contributed by atoms with Crippen molar-refractivity contribution in [2.45, 2.75) is 25.8 Å². The van der Waals surface area contributed by atoms with Gasteiger partial charge < -0.3 is 15.5 Å². The van der Waals surface area contributed by atoms with E-state index in [2.05, 4.69) is 15.0 Å². The number of nitrogens with one attached hydrogen (secondary N) is 1.